The third-order valence-electron chi connectivity index (χ3n) is 8.51. The molecule has 1 aromatic carbocycles. The van der Waals surface area contributed by atoms with Gasteiger partial charge in [0, 0.05) is 57.3 Å². The molecule has 1 aliphatic carbocycles. The number of carbonyl (C=O) groups excluding carboxylic acids is 1. The Morgan fingerprint density at radius 1 is 1.21 bits per heavy atom. The van der Waals surface area contributed by atoms with Crippen molar-refractivity contribution >= 4 is 22.8 Å². The van der Waals surface area contributed by atoms with Crippen LogP contribution in [0.4, 0.5) is 5.82 Å². The van der Waals surface area contributed by atoms with Crippen LogP contribution >= 0.6 is 0 Å². The van der Waals surface area contributed by atoms with E-state index in [4.69, 9.17) is 19.4 Å². The van der Waals surface area contributed by atoms with Crippen LogP contribution in [0.2, 0.25) is 0 Å². The van der Waals surface area contributed by atoms with E-state index in [1.54, 1.807) is 4.90 Å². The fourth-order valence-corrected chi connectivity index (χ4v) is 6.37. The van der Waals surface area contributed by atoms with Gasteiger partial charge in [0.2, 0.25) is 5.91 Å². The largest absolute Gasteiger partial charge is 0.462 e. The van der Waals surface area contributed by atoms with Crippen LogP contribution in [0.1, 0.15) is 30.1 Å². The summed E-state index contributed by atoms with van der Waals surface area (Å²) in [6.45, 7) is 9.53. The first-order valence-corrected chi connectivity index (χ1v) is 14.6. The van der Waals surface area contributed by atoms with Crippen LogP contribution in [0.15, 0.2) is 41.7 Å². The molecule has 2 atom stereocenters. The number of para-hydroxylation sites is 2. The minimum atomic E-state index is -0.272. The summed E-state index contributed by atoms with van der Waals surface area (Å²) in [5.41, 5.74) is 3.49. The van der Waals surface area contributed by atoms with Crippen molar-refractivity contribution in [1.29, 1.82) is 5.26 Å². The van der Waals surface area contributed by atoms with Crippen LogP contribution in [0.5, 0.6) is 6.01 Å². The smallest absolute Gasteiger partial charge is 0.326 e. The Balaban J connectivity index is 1.30. The topological polar surface area (TPSA) is 133 Å². The molecule has 6 rings (SSSR count). The molecule has 2 fully saturated rings. The predicted molar refractivity (Wildman–Crippen MR) is 157 cm³/mol. The van der Waals surface area contributed by atoms with Crippen molar-refractivity contribution in [2.24, 2.45) is 0 Å². The zero-order valence-corrected chi connectivity index (χ0v) is 23.7. The third-order valence-corrected chi connectivity index (χ3v) is 8.51. The Labute approximate surface area is 244 Å². The van der Waals surface area contributed by atoms with Gasteiger partial charge in [-0.25, -0.2) is 4.79 Å². The molecule has 3 aliphatic rings. The van der Waals surface area contributed by atoms with E-state index in [1.165, 1.54) is 6.08 Å². The number of piperazine rings is 1. The van der Waals surface area contributed by atoms with Gasteiger partial charge in [-0.2, -0.15) is 15.2 Å². The highest BCUT2D eigenvalue weighted by atomic mass is 16.5. The number of nitrogens with one attached hydrogen (secondary N) is 1. The lowest BCUT2D eigenvalue weighted by Crippen LogP contribution is -2.55. The van der Waals surface area contributed by atoms with E-state index in [1.807, 2.05) is 28.8 Å². The Kier molecular flexibility index (Phi) is 8.21. The highest BCUT2D eigenvalue weighted by molar-refractivity contribution is 5.87. The molecule has 220 valence electrons. The maximum atomic E-state index is 13.0. The van der Waals surface area contributed by atoms with Crippen LogP contribution in [0.25, 0.3) is 11.0 Å². The molecule has 3 aromatic rings. The summed E-state index contributed by atoms with van der Waals surface area (Å²) in [5, 5.41) is 9.49. The van der Waals surface area contributed by atoms with E-state index >= 15 is 0 Å². The number of morpholine rings is 1. The van der Waals surface area contributed by atoms with Gasteiger partial charge in [0.15, 0.2) is 0 Å². The Morgan fingerprint density at radius 2 is 2.05 bits per heavy atom. The maximum absolute atomic E-state index is 13.0. The van der Waals surface area contributed by atoms with E-state index in [9.17, 15) is 14.9 Å². The second-order valence-corrected chi connectivity index (χ2v) is 11.0. The molecule has 1 N–H and O–H groups in total. The minimum Gasteiger partial charge on any atom is -0.462 e. The van der Waals surface area contributed by atoms with Crippen molar-refractivity contribution in [2.75, 3.05) is 64.0 Å². The Morgan fingerprint density at radius 3 is 2.86 bits per heavy atom. The van der Waals surface area contributed by atoms with Crippen LogP contribution in [0.3, 0.4) is 0 Å². The molecule has 0 bridgehead atoms. The van der Waals surface area contributed by atoms with Gasteiger partial charge in [0.05, 0.1) is 48.5 Å². The number of hydrogen-bond donors (Lipinski definition) is 1. The highest BCUT2D eigenvalue weighted by Crippen LogP contribution is 2.35. The number of fused-ring (bicyclic) bond motifs is 2. The molecular weight excluding hydrogens is 536 g/mol. The number of nitriles is 1. The van der Waals surface area contributed by atoms with Gasteiger partial charge >= 0.3 is 11.7 Å². The summed E-state index contributed by atoms with van der Waals surface area (Å²) in [6.07, 6.45) is 3.56. The first-order chi connectivity index (χ1) is 20.6. The standard InChI is InChI=1S/C30H36N8O4/c1-2-27(39)37-12-11-36(20-22(37)9-10-31)28-23-8-7-21(38-26-6-4-3-5-24(26)33-30(38)40)19-25(23)32-29(34-28)42-18-15-35-13-16-41-17-14-35/h2-6,21-22H,1,7-9,11-20H2,(H,33,40). The number of nitrogens with zero attached hydrogens (tertiary/aromatic N) is 7. The minimum absolute atomic E-state index is 0.0569. The van der Waals surface area contributed by atoms with Crippen molar-refractivity contribution < 1.29 is 14.3 Å². The number of imidazole rings is 1. The van der Waals surface area contributed by atoms with Gasteiger partial charge < -0.3 is 24.3 Å². The number of hydrogen-bond acceptors (Lipinski definition) is 9. The second-order valence-electron chi connectivity index (χ2n) is 11.0. The third kappa shape index (κ3) is 5.62. The van der Waals surface area contributed by atoms with Crippen molar-refractivity contribution in [1.82, 2.24) is 29.3 Å². The highest BCUT2D eigenvalue weighted by Gasteiger charge is 2.34. The van der Waals surface area contributed by atoms with Gasteiger partial charge in [-0.1, -0.05) is 18.7 Å². The van der Waals surface area contributed by atoms with E-state index in [2.05, 4.69) is 27.4 Å². The molecule has 0 spiro atoms. The second kappa shape index (κ2) is 12.3. The lowest BCUT2D eigenvalue weighted by Gasteiger charge is -2.42. The van der Waals surface area contributed by atoms with E-state index < -0.39 is 0 Å². The van der Waals surface area contributed by atoms with E-state index in [0.29, 0.717) is 45.1 Å². The van der Waals surface area contributed by atoms with Crippen molar-refractivity contribution in [3.8, 4) is 12.1 Å². The Bertz CT molecular complexity index is 1550. The summed E-state index contributed by atoms with van der Waals surface area (Å²) in [7, 11) is 0. The molecule has 2 aliphatic heterocycles. The molecule has 1 amide bonds. The summed E-state index contributed by atoms with van der Waals surface area (Å²) in [6, 6.07) is 9.95. The molecular formula is C30H36N8O4. The SMILES string of the molecule is C=CC(=O)N1CCN(c2nc(OCCN3CCOCC3)nc3c2CCC(n2c(=O)[nH]c4ccccc42)C3)CC1CC#N. The normalized spacial score (nSPS) is 21.1. The quantitative estimate of drug-likeness (QED) is 0.400. The number of benzene rings is 1. The number of anilines is 1. The zero-order chi connectivity index (χ0) is 29.1. The van der Waals surface area contributed by atoms with E-state index in [0.717, 1.165) is 67.4 Å². The molecule has 0 radical (unpaired) electrons. The lowest BCUT2D eigenvalue weighted by atomic mass is 9.91. The fraction of sp³-hybridized carbons (Fsp3) is 0.500. The lowest BCUT2D eigenvalue weighted by molar-refractivity contribution is -0.128. The van der Waals surface area contributed by atoms with Gasteiger partial charge in [-0.15, -0.1) is 0 Å². The summed E-state index contributed by atoms with van der Waals surface area (Å²) in [5.74, 6) is 0.624. The van der Waals surface area contributed by atoms with Crippen molar-refractivity contribution in [2.45, 2.75) is 37.8 Å². The first kappa shape index (κ1) is 27.9. The number of amides is 1. The molecule has 42 heavy (non-hydrogen) atoms. The number of ether oxygens (including phenoxy) is 2. The molecule has 2 unspecified atom stereocenters. The Hall–Kier alpha value is -4.21. The van der Waals surface area contributed by atoms with Crippen LogP contribution in [-0.4, -0.2) is 100 Å². The van der Waals surface area contributed by atoms with E-state index in [-0.39, 0.29) is 30.1 Å². The molecule has 12 nitrogen and oxygen atoms in total. The molecule has 12 heteroatoms. The summed E-state index contributed by atoms with van der Waals surface area (Å²) in [4.78, 5) is 44.4. The summed E-state index contributed by atoms with van der Waals surface area (Å²) < 4.78 is 13.4. The number of rotatable bonds is 8. The fourth-order valence-electron chi connectivity index (χ4n) is 6.37. The van der Waals surface area contributed by atoms with Gasteiger partial charge in [0.1, 0.15) is 12.4 Å². The summed E-state index contributed by atoms with van der Waals surface area (Å²) >= 11 is 0. The number of aromatic amines is 1. The predicted octanol–water partition coefficient (Wildman–Crippen LogP) is 1.68. The molecule has 2 saturated heterocycles. The molecule has 2 aromatic heterocycles. The van der Waals surface area contributed by atoms with Gasteiger partial charge in [-0.05, 0) is 31.1 Å². The molecule has 4 heterocycles. The van der Waals surface area contributed by atoms with Crippen LogP contribution < -0.4 is 15.3 Å². The average Bonchev–Trinajstić information content (AvgIpc) is 3.36. The average molecular weight is 573 g/mol. The monoisotopic (exact) mass is 572 g/mol. The van der Waals surface area contributed by atoms with Gasteiger partial charge in [-0.3, -0.25) is 14.3 Å². The van der Waals surface area contributed by atoms with Crippen molar-refractivity contribution in [3.63, 3.8) is 0 Å². The number of carbonyl (C=O) groups is 1. The first-order valence-electron chi connectivity index (χ1n) is 14.6. The maximum Gasteiger partial charge on any atom is 0.326 e. The van der Waals surface area contributed by atoms with Crippen LogP contribution in [-0.2, 0) is 22.4 Å². The van der Waals surface area contributed by atoms with Crippen LogP contribution in [0, 0.1) is 11.3 Å². The molecule has 0 saturated carbocycles. The number of aromatic nitrogens is 4. The van der Waals surface area contributed by atoms with Crippen molar-refractivity contribution in [3.05, 3.63) is 58.7 Å². The van der Waals surface area contributed by atoms with Gasteiger partial charge in [0.25, 0.3) is 0 Å². The zero-order valence-electron chi connectivity index (χ0n) is 23.7. The number of H-pyrrole nitrogens is 1.